The molecule has 64 valence electrons. The fourth-order valence-corrected chi connectivity index (χ4v) is 1.20. The SMILES string of the molecule is CC(C)(C)CCN1CC=CC1. The van der Waals surface area contributed by atoms with Crippen molar-refractivity contribution in [1.29, 1.82) is 0 Å². The van der Waals surface area contributed by atoms with Crippen molar-refractivity contribution >= 4 is 0 Å². The third-order valence-electron chi connectivity index (χ3n) is 2.07. The smallest absolute Gasteiger partial charge is 0.0166 e. The van der Waals surface area contributed by atoms with Gasteiger partial charge in [-0.25, -0.2) is 0 Å². The van der Waals surface area contributed by atoms with Gasteiger partial charge in [0.2, 0.25) is 0 Å². The monoisotopic (exact) mass is 153 g/mol. The van der Waals surface area contributed by atoms with E-state index in [0.29, 0.717) is 5.41 Å². The molecular formula is C10H19N. The van der Waals surface area contributed by atoms with Crippen LogP contribution in [0.1, 0.15) is 27.2 Å². The molecule has 0 N–H and O–H groups in total. The second-order valence-corrected chi connectivity index (χ2v) is 4.54. The van der Waals surface area contributed by atoms with Crippen molar-refractivity contribution in [3.05, 3.63) is 12.2 Å². The van der Waals surface area contributed by atoms with E-state index in [9.17, 15) is 0 Å². The summed E-state index contributed by atoms with van der Waals surface area (Å²) in [6, 6.07) is 0. The Balaban J connectivity index is 2.13. The molecule has 0 bridgehead atoms. The first-order chi connectivity index (χ1) is 5.08. The number of nitrogens with zero attached hydrogens (tertiary/aromatic N) is 1. The van der Waals surface area contributed by atoms with Gasteiger partial charge in [0.25, 0.3) is 0 Å². The van der Waals surface area contributed by atoms with Crippen LogP contribution in [0.2, 0.25) is 0 Å². The largest absolute Gasteiger partial charge is 0.296 e. The minimum Gasteiger partial charge on any atom is -0.296 e. The molecule has 0 atom stereocenters. The van der Waals surface area contributed by atoms with Crippen molar-refractivity contribution in [2.24, 2.45) is 5.41 Å². The first-order valence-corrected chi connectivity index (χ1v) is 4.45. The third-order valence-corrected chi connectivity index (χ3v) is 2.07. The van der Waals surface area contributed by atoms with E-state index in [2.05, 4.69) is 37.8 Å². The zero-order valence-electron chi connectivity index (χ0n) is 7.93. The average molecular weight is 153 g/mol. The van der Waals surface area contributed by atoms with Gasteiger partial charge in [0.1, 0.15) is 0 Å². The molecule has 0 aromatic heterocycles. The molecule has 0 aliphatic carbocycles. The lowest BCUT2D eigenvalue weighted by Crippen LogP contribution is -2.24. The molecule has 0 saturated heterocycles. The molecule has 0 spiro atoms. The van der Waals surface area contributed by atoms with Crippen molar-refractivity contribution in [1.82, 2.24) is 4.90 Å². The highest BCUT2D eigenvalue weighted by Crippen LogP contribution is 2.19. The van der Waals surface area contributed by atoms with Gasteiger partial charge in [-0.05, 0) is 18.4 Å². The van der Waals surface area contributed by atoms with Crippen LogP contribution in [0.25, 0.3) is 0 Å². The Morgan fingerprint density at radius 1 is 1.18 bits per heavy atom. The second-order valence-electron chi connectivity index (χ2n) is 4.54. The molecule has 0 unspecified atom stereocenters. The van der Waals surface area contributed by atoms with Gasteiger partial charge in [0.15, 0.2) is 0 Å². The first-order valence-electron chi connectivity index (χ1n) is 4.45. The third kappa shape index (κ3) is 3.57. The second kappa shape index (κ2) is 3.40. The zero-order chi connectivity index (χ0) is 8.32. The quantitative estimate of drug-likeness (QED) is 0.550. The Morgan fingerprint density at radius 3 is 2.18 bits per heavy atom. The van der Waals surface area contributed by atoms with Crippen molar-refractivity contribution in [2.45, 2.75) is 27.2 Å². The summed E-state index contributed by atoms with van der Waals surface area (Å²) in [4.78, 5) is 2.48. The van der Waals surface area contributed by atoms with Gasteiger partial charge >= 0.3 is 0 Å². The first kappa shape index (κ1) is 8.79. The molecule has 1 heteroatoms. The van der Waals surface area contributed by atoms with Gasteiger partial charge in [0, 0.05) is 13.1 Å². The minimum atomic E-state index is 0.489. The van der Waals surface area contributed by atoms with Crippen molar-refractivity contribution in [3.8, 4) is 0 Å². The lowest BCUT2D eigenvalue weighted by molar-refractivity contribution is 0.272. The van der Waals surface area contributed by atoms with Gasteiger partial charge in [0.05, 0.1) is 0 Å². The molecule has 1 heterocycles. The Morgan fingerprint density at radius 2 is 1.73 bits per heavy atom. The van der Waals surface area contributed by atoms with E-state index in [-0.39, 0.29) is 0 Å². The van der Waals surface area contributed by atoms with E-state index in [1.165, 1.54) is 13.0 Å². The molecule has 11 heavy (non-hydrogen) atoms. The molecule has 0 aromatic carbocycles. The number of rotatable bonds is 2. The van der Waals surface area contributed by atoms with Gasteiger partial charge in [-0.15, -0.1) is 0 Å². The van der Waals surface area contributed by atoms with Gasteiger partial charge in [-0.1, -0.05) is 32.9 Å². The molecule has 0 amide bonds. The molecule has 0 fully saturated rings. The summed E-state index contributed by atoms with van der Waals surface area (Å²) in [5, 5.41) is 0. The maximum Gasteiger partial charge on any atom is 0.0166 e. The highest BCUT2D eigenvalue weighted by molar-refractivity contribution is 4.95. The number of hydrogen-bond acceptors (Lipinski definition) is 1. The standard InChI is InChI=1S/C10H19N/c1-10(2,3)6-9-11-7-4-5-8-11/h4-5H,6-9H2,1-3H3. The van der Waals surface area contributed by atoms with Crippen LogP contribution in [-0.4, -0.2) is 24.5 Å². The van der Waals surface area contributed by atoms with E-state index >= 15 is 0 Å². The average Bonchev–Trinajstić information content (AvgIpc) is 2.32. The zero-order valence-corrected chi connectivity index (χ0v) is 7.93. The van der Waals surface area contributed by atoms with Crippen LogP contribution in [0.3, 0.4) is 0 Å². The van der Waals surface area contributed by atoms with Gasteiger partial charge in [-0.2, -0.15) is 0 Å². The minimum absolute atomic E-state index is 0.489. The summed E-state index contributed by atoms with van der Waals surface area (Å²) in [6.07, 6.45) is 5.81. The fourth-order valence-electron chi connectivity index (χ4n) is 1.20. The van der Waals surface area contributed by atoms with E-state index in [1.54, 1.807) is 0 Å². The van der Waals surface area contributed by atoms with E-state index < -0.39 is 0 Å². The molecule has 0 radical (unpaired) electrons. The maximum atomic E-state index is 2.48. The Labute approximate surface area is 70.1 Å². The Kier molecular flexibility index (Phi) is 2.72. The van der Waals surface area contributed by atoms with Gasteiger partial charge < -0.3 is 0 Å². The van der Waals surface area contributed by atoms with Crippen molar-refractivity contribution in [2.75, 3.05) is 19.6 Å². The topological polar surface area (TPSA) is 3.24 Å². The molecular weight excluding hydrogens is 134 g/mol. The molecule has 1 nitrogen and oxygen atoms in total. The van der Waals surface area contributed by atoms with Crippen molar-refractivity contribution < 1.29 is 0 Å². The molecule has 0 aromatic rings. The lowest BCUT2D eigenvalue weighted by Gasteiger charge is -2.22. The van der Waals surface area contributed by atoms with Crippen LogP contribution in [0.15, 0.2) is 12.2 Å². The van der Waals surface area contributed by atoms with Crippen LogP contribution >= 0.6 is 0 Å². The van der Waals surface area contributed by atoms with Crippen LogP contribution in [0, 0.1) is 5.41 Å². The summed E-state index contributed by atoms with van der Waals surface area (Å²) in [6.45, 7) is 10.5. The molecule has 1 aliphatic heterocycles. The summed E-state index contributed by atoms with van der Waals surface area (Å²) in [5.74, 6) is 0. The summed E-state index contributed by atoms with van der Waals surface area (Å²) in [7, 11) is 0. The van der Waals surface area contributed by atoms with Crippen LogP contribution in [-0.2, 0) is 0 Å². The van der Waals surface area contributed by atoms with Crippen LogP contribution in [0.5, 0.6) is 0 Å². The van der Waals surface area contributed by atoms with Crippen molar-refractivity contribution in [3.63, 3.8) is 0 Å². The molecule has 0 saturated carbocycles. The normalized spacial score (nSPS) is 19.5. The Bertz CT molecular complexity index is 133. The summed E-state index contributed by atoms with van der Waals surface area (Å²) >= 11 is 0. The predicted octanol–water partition coefficient (Wildman–Crippen LogP) is 2.29. The van der Waals surface area contributed by atoms with Crippen LogP contribution in [0.4, 0.5) is 0 Å². The molecule has 1 rings (SSSR count). The predicted molar refractivity (Wildman–Crippen MR) is 49.7 cm³/mol. The summed E-state index contributed by atoms with van der Waals surface area (Å²) < 4.78 is 0. The van der Waals surface area contributed by atoms with E-state index in [1.807, 2.05) is 0 Å². The lowest BCUT2D eigenvalue weighted by atomic mass is 9.92. The molecule has 1 aliphatic rings. The highest BCUT2D eigenvalue weighted by atomic mass is 15.1. The van der Waals surface area contributed by atoms with E-state index in [0.717, 1.165) is 13.1 Å². The maximum absolute atomic E-state index is 2.48. The highest BCUT2D eigenvalue weighted by Gasteiger charge is 2.13. The van der Waals surface area contributed by atoms with E-state index in [4.69, 9.17) is 0 Å². The Hall–Kier alpha value is -0.300. The number of hydrogen-bond donors (Lipinski definition) is 0. The van der Waals surface area contributed by atoms with Gasteiger partial charge in [-0.3, -0.25) is 4.90 Å². The summed E-state index contributed by atoms with van der Waals surface area (Å²) in [5.41, 5.74) is 0.489. The van der Waals surface area contributed by atoms with Crippen LogP contribution < -0.4 is 0 Å². The fraction of sp³-hybridized carbons (Fsp3) is 0.800.